The number of carbonyl (C=O) groups is 1. The molecular weight excluding hydrogens is 489 g/mol. The first-order chi connectivity index (χ1) is 13.6. The van der Waals surface area contributed by atoms with Gasteiger partial charge in [0.15, 0.2) is 5.96 Å². The first-order valence-electron chi connectivity index (χ1n) is 9.53. The van der Waals surface area contributed by atoms with Crippen LogP contribution >= 0.6 is 24.0 Å². The van der Waals surface area contributed by atoms with E-state index in [2.05, 4.69) is 15.6 Å². The van der Waals surface area contributed by atoms with E-state index in [9.17, 15) is 9.90 Å². The van der Waals surface area contributed by atoms with Crippen molar-refractivity contribution >= 4 is 35.9 Å². The Hall–Kier alpha value is -1.59. The van der Waals surface area contributed by atoms with E-state index in [1.807, 2.05) is 13.0 Å². The zero-order chi connectivity index (χ0) is 20.4. The third-order valence-electron chi connectivity index (χ3n) is 4.89. The molecule has 0 bridgehead atoms. The fourth-order valence-corrected chi connectivity index (χ4v) is 3.22. The predicted molar refractivity (Wildman–Crippen MR) is 122 cm³/mol. The molecule has 1 atom stereocenters. The number of carbonyl (C=O) groups excluding carboxylic acids is 1. The summed E-state index contributed by atoms with van der Waals surface area (Å²) in [6.07, 6.45) is 1.61. The van der Waals surface area contributed by atoms with Crippen LogP contribution in [0.2, 0.25) is 0 Å². The molecule has 0 aliphatic carbocycles. The molecule has 0 saturated carbocycles. The normalized spacial score (nSPS) is 18.7. The third-order valence-corrected chi connectivity index (χ3v) is 4.89. The molecule has 1 aromatic carbocycles. The number of ether oxygens (including phenoxy) is 3. The number of guanidine groups is 1. The van der Waals surface area contributed by atoms with Gasteiger partial charge in [0.25, 0.3) is 0 Å². The van der Waals surface area contributed by atoms with Gasteiger partial charge < -0.3 is 30.0 Å². The maximum absolute atomic E-state index is 11.9. The number of aliphatic hydroxyl groups excluding tert-OH is 1. The standard InChI is InChI=1S/C20H31N3O5.HI/c1-4-21-19(23-13-20(7-9-24)8-10-28-14-20)22-12-15-5-6-17(26-2)16(11-15)18(25)27-3;/h5-6,11,24H,4,7-10,12-14H2,1-3H3,(H2,21,22,23);1H. The van der Waals surface area contributed by atoms with Gasteiger partial charge in [-0.25, -0.2) is 9.79 Å². The number of methoxy groups -OCH3 is 2. The van der Waals surface area contributed by atoms with Crippen molar-refractivity contribution in [2.75, 3.05) is 47.1 Å². The van der Waals surface area contributed by atoms with E-state index < -0.39 is 5.97 Å². The summed E-state index contributed by atoms with van der Waals surface area (Å²) in [6, 6.07) is 5.34. The van der Waals surface area contributed by atoms with Gasteiger partial charge in [0.05, 0.1) is 27.4 Å². The SMILES string of the molecule is CCNC(=NCc1ccc(OC)c(C(=O)OC)c1)NCC1(CCO)CCOC1.I. The second-order valence-corrected chi connectivity index (χ2v) is 6.85. The average molecular weight is 521 g/mol. The molecule has 164 valence electrons. The molecular formula is C20H32IN3O5. The molecule has 9 heteroatoms. The second-order valence-electron chi connectivity index (χ2n) is 6.85. The van der Waals surface area contributed by atoms with Crippen molar-refractivity contribution in [2.24, 2.45) is 10.4 Å². The lowest BCUT2D eigenvalue weighted by atomic mass is 9.84. The first-order valence-corrected chi connectivity index (χ1v) is 9.53. The van der Waals surface area contributed by atoms with Crippen LogP contribution < -0.4 is 15.4 Å². The third kappa shape index (κ3) is 7.31. The molecule has 1 fully saturated rings. The highest BCUT2D eigenvalue weighted by atomic mass is 127. The summed E-state index contributed by atoms with van der Waals surface area (Å²) in [4.78, 5) is 16.6. The van der Waals surface area contributed by atoms with Crippen molar-refractivity contribution in [3.63, 3.8) is 0 Å². The van der Waals surface area contributed by atoms with Gasteiger partial charge in [-0.05, 0) is 37.5 Å². The number of aliphatic hydroxyl groups is 1. The quantitative estimate of drug-likeness (QED) is 0.198. The molecule has 1 aromatic rings. The minimum absolute atomic E-state index is 0. The first kappa shape index (κ1) is 25.4. The summed E-state index contributed by atoms with van der Waals surface area (Å²) in [5.74, 6) is 0.707. The topological polar surface area (TPSA) is 101 Å². The van der Waals surface area contributed by atoms with Gasteiger partial charge in [0.1, 0.15) is 11.3 Å². The van der Waals surface area contributed by atoms with Gasteiger partial charge in [-0.15, -0.1) is 24.0 Å². The minimum Gasteiger partial charge on any atom is -0.496 e. The Kier molecular flexibility index (Phi) is 11.3. The fourth-order valence-electron chi connectivity index (χ4n) is 3.22. The molecule has 0 radical (unpaired) electrons. The van der Waals surface area contributed by atoms with Crippen LogP contribution in [0.3, 0.4) is 0 Å². The number of halogens is 1. The number of benzene rings is 1. The molecule has 1 aliphatic rings. The molecule has 8 nitrogen and oxygen atoms in total. The summed E-state index contributed by atoms with van der Waals surface area (Å²) in [5, 5.41) is 16.0. The van der Waals surface area contributed by atoms with Crippen LogP contribution in [0.5, 0.6) is 5.75 Å². The average Bonchev–Trinajstić information content (AvgIpc) is 3.18. The number of esters is 1. The second kappa shape index (κ2) is 12.9. The predicted octanol–water partition coefficient (Wildman–Crippen LogP) is 1.94. The summed E-state index contributed by atoms with van der Waals surface area (Å²) >= 11 is 0. The Labute approximate surface area is 189 Å². The highest BCUT2D eigenvalue weighted by molar-refractivity contribution is 14.0. The molecule has 29 heavy (non-hydrogen) atoms. The maximum Gasteiger partial charge on any atom is 0.341 e. The van der Waals surface area contributed by atoms with Crippen LogP contribution in [-0.2, 0) is 16.0 Å². The van der Waals surface area contributed by atoms with Crippen LogP contribution in [0, 0.1) is 5.41 Å². The number of rotatable bonds is 9. The van der Waals surface area contributed by atoms with E-state index in [4.69, 9.17) is 14.2 Å². The van der Waals surface area contributed by atoms with E-state index >= 15 is 0 Å². The number of nitrogens with one attached hydrogen (secondary N) is 2. The van der Waals surface area contributed by atoms with Gasteiger partial charge >= 0.3 is 5.97 Å². The highest BCUT2D eigenvalue weighted by Crippen LogP contribution is 2.31. The van der Waals surface area contributed by atoms with Gasteiger partial charge in [0, 0.05) is 31.7 Å². The lowest BCUT2D eigenvalue weighted by molar-refractivity contribution is 0.0597. The molecule has 0 amide bonds. The van der Waals surface area contributed by atoms with Gasteiger partial charge in [-0.3, -0.25) is 0 Å². The maximum atomic E-state index is 11.9. The Balaban J connectivity index is 0.00000420. The number of nitrogens with zero attached hydrogens (tertiary/aromatic N) is 1. The van der Waals surface area contributed by atoms with Gasteiger partial charge in [-0.2, -0.15) is 0 Å². The lowest BCUT2D eigenvalue weighted by Gasteiger charge is -2.27. The van der Waals surface area contributed by atoms with Crippen molar-refractivity contribution < 1.29 is 24.1 Å². The summed E-state index contributed by atoms with van der Waals surface area (Å²) < 4.78 is 15.6. The molecule has 0 aromatic heterocycles. The van der Waals surface area contributed by atoms with Crippen LogP contribution in [0.4, 0.5) is 0 Å². The van der Waals surface area contributed by atoms with Crippen molar-refractivity contribution in [3.8, 4) is 5.75 Å². The molecule has 1 aliphatic heterocycles. The van der Waals surface area contributed by atoms with E-state index in [1.54, 1.807) is 12.1 Å². The lowest BCUT2D eigenvalue weighted by Crippen LogP contribution is -2.44. The zero-order valence-corrected chi connectivity index (χ0v) is 19.7. The fraction of sp³-hybridized carbons (Fsp3) is 0.600. The smallest absolute Gasteiger partial charge is 0.341 e. The van der Waals surface area contributed by atoms with Crippen LogP contribution in [-0.4, -0.2) is 64.2 Å². The number of hydrogen-bond acceptors (Lipinski definition) is 6. The Bertz CT molecular complexity index is 678. The van der Waals surface area contributed by atoms with Crippen molar-refractivity contribution in [2.45, 2.75) is 26.3 Å². The van der Waals surface area contributed by atoms with E-state index in [1.165, 1.54) is 14.2 Å². The van der Waals surface area contributed by atoms with Crippen LogP contribution in [0.25, 0.3) is 0 Å². The number of aliphatic imine (C=N–C) groups is 1. The Morgan fingerprint density at radius 1 is 1.34 bits per heavy atom. The van der Waals surface area contributed by atoms with Gasteiger partial charge in [-0.1, -0.05) is 6.07 Å². The Morgan fingerprint density at radius 2 is 2.14 bits per heavy atom. The van der Waals surface area contributed by atoms with Crippen LogP contribution in [0.1, 0.15) is 35.7 Å². The molecule has 0 spiro atoms. The monoisotopic (exact) mass is 521 g/mol. The molecule has 3 N–H and O–H groups in total. The van der Waals surface area contributed by atoms with E-state index in [-0.39, 0.29) is 36.0 Å². The molecule has 1 heterocycles. The summed E-state index contributed by atoms with van der Waals surface area (Å²) in [5.41, 5.74) is 1.18. The summed E-state index contributed by atoms with van der Waals surface area (Å²) in [7, 11) is 2.86. The van der Waals surface area contributed by atoms with Crippen LogP contribution in [0.15, 0.2) is 23.2 Å². The number of hydrogen-bond donors (Lipinski definition) is 3. The van der Waals surface area contributed by atoms with Crippen molar-refractivity contribution in [1.29, 1.82) is 0 Å². The molecule has 2 rings (SSSR count). The Morgan fingerprint density at radius 3 is 2.72 bits per heavy atom. The van der Waals surface area contributed by atoms with Gasteiger partial charge in [0.2, 0.25) is 0 Å². The van der Waals surface area contributed by atoms with E-state index in [0.717, 1.165) is 25.1 Å². The molecule has 1 saturated heterocycles. The van der Waals surface area contributed by atoms with E-state index in [0.29, 0.717) is 43.4 Å². The zero-order valence-electron chi connectivity index (χ0n) is 17.3. The molecule has 1 unspecified atom stereocenters. The van der Waals surface area contributed by atoms with Crippen molar-refractivity contribution in [3.05, 3.63) is 29.3 Å². The summed E-state index contributed by atoms with van der Waals surface area (Å²) in [6.45, 7) is 5.30. The largest absolute Gasteiger partial charge is 0.496 e. The van der Waals surface area contributed by atoms with Crippen molar-refractivity contribution in [1.82, 2.24) is 10.6 Å². The highest BCUT2D eigenvalue weighted by Gasteiger charge is 2.34. The minimum atomic E-state index is -0.445.